The van der Waals surface area contributed by atoms with Gasteiger partial charge in [-0.1, -0.05) is 22.0 Å². The molecule has 0 aromatic heterocycles. The second-order valence-corrected chi connectivity index (χ2v) is 6.28. The van der Waals surface area contributed by atoms with Gasteiger partial charge in [0.2, 0.25) is 5.91 Å². The van der Waals surface area contributed by atoms with Gasteiger partial charge in [0.15, 0.2) is 0 Å². The lowest BCUT2D eigenvalue weighted by Gasteiger charge is -2.46. The van der Waals surface area contributed by atoms with Gasteiger partial charge in [0.05, 0.1) is 6.61 Å². The fraction of sp³-hybridized carbons (Fsp3) is 0.500. The molecule has 1 N–H and O–H groups in total. The molecule has 1 heterocycles. The van der Waals surface area contributed by atoms with E-state index in [-0.39, 0.29) is 12.5 Å². The number of aliphatic hydroxyl groups excluding tert-OH is 1. The standard InChI is InChI=1S/C14H19BrN2O2/c1-14(2)13(19)16(3)6-7-17(14)12-8-11(15)5-4-10(12)9-18/h4-5,8,18H,6-7,9H2,1-3H3. The molecule has 1 saturated heterocycles. The lowest BCUT2D eigenvalue weighted by atomic mass is 9.95. The number of amides is 1. The number of carbonyl (C=O) groups is 1. The van der Waals surface area contributed by atoms with Crippen LogP contribution in [0, 0.1) is 0 Å². The second kappa shape index (κ2) is 5.13. The maximum Gasteiger partial charge on any atom is 0.247 e. The Morgan fingerprint density at radius 3 is 2.68 bits per heavy atom. The number of benzene rings is 1. The maximum atomic E-state index is 12.3. The van der Waals surface area contributed by atoms with E-state index in [9.17, 15) is 9.90 Å². The van der Waals surface area contributed by atoms with Gasteiger partial charge < -0.3 is 14.9 Å². The molecule has 1 aliphatic rings. The summed E-state index contributed by atoms with van der Waals surface area (Å²) in [6, 6.07) is 5.75. The normalized spacial score (nSPS) is 18.9. The lowest BCUT2D eigenvalue weighted by Crippen LogP contribution is -2.62. The SMILES string of the molecule is CN1CCN(c2cc(Br)ccc2CO)C(C)(C)C1=O. The molecule has 0 bridgehead atoms. The zero-order chi connectivity index (χ0) is 14.2. The minimum absolute atomic E-state index is 0.0285. The minimum atomic E-state index is -0.599. The van der Waals surface area contributed by atoms with E-state index in [1.54, 1.807) is 4.90 Å². The van der Waals surface area contributed by atoms with Crippen molar-refractivity contribution in [3.8, 4) is 0 Å². The van der Waals surface area contributed by atoms with Crippen molar-refractivity contribution in [2.75, 3.05) is 25.0 Å². The summed E-state index contributed by atoms with van der Waals surface area (Å²) in [5.74, 6) is 0.0996. The van der Waals surface area contributed by atoms with Crippen LogP contribution >= 0.6 is 15.9 Å². The van der Waals surface area contributed by atoms with Crippen molar-refractivity contribution in [2.24, 2.45) is 0 Å². The monoisotopic (exact) mass is 326 g/mol. The van der Waals surface area contributed by atoms with Gasteiger partial charge in [-0.05, 0) is 26.0 Å². The molecule has 1 aliphatic heterocycles. The number of likely N-dealkylation sites (N-methyl/N-ethyl adjacent to an activating group) is 1. The van der Waals surface area contributed by atoms with Gasteiger partial charge in [0.25, 0.3) is 0 Å². The number of aliphatic hydroxyl groups is 1. The molecule has 2 rings (SSSR count). The van der Waals surface area contributed by atoms with E-state index in [0.717, 1.165) is 22.3 Å². The maximum absolute atomic E-state index is 12.3. The molecule has 4 nitrogen and oxygen atoms in total. The highest BCUT2D eigenvalue weighted by atomic mass is 79.9. The number of hydrogen-bond donors (Lipinski definition) is 1. The van der Waals surface area contributed by atoms with Crippen LogP contribution in [0.4, 0.5) is 5.69 Å². The lowest BCUT2D eigenvalue weighted by molar-refractivity contribution is -0.136. The Balaban J connectivity index is 2.46. The molecule has 0 spiro atoms. The number of piperazine rings is 1. The van der Waals surface area contributed by atoms with Gasteiger partial charge in [-0.15, -0.1) is 0 Å². The molecule has 5 heteroatoms. The predicted molar refractivity (Wildman–Crippen MR) is 79.1 cm³/mol. The van der Waals surface area contributed by atoms with Gasteiger partial charge >= 0.3 is 0 Å². The van der Waals surface area contributed by atoms with Gasteiger partial charge in [-0.2, -0.15) is 0 Å². The average Bonchev–Trinajstić information content (AvgIpc) is 2.36. The van der Waals surface area contributed by atoms with Crippen molar-refractivity contribution >= 4 is 27.5 Å². The summed E-state index contributed by atoms with van der Waals surface area (Å²) in [5, 5.41) is 9.49. The molecular formula is C14H19BrN2O2. The van der Waals surface area contributed by atoms with Crippen LogP contribution in [-0.2, 0) is 11.4 Å². The van der Waals surface area contributed by atoms with Crippen LogP contribution in [0.25, 0.3) is 0 Å². The summed E-state index contributed by atoms with van der Waals surface area (Å²) >= 11 is 3.45. The Labute approximate surface area is 122 Å². The highest BCUT2D eigenvalue weighted by molar-refractivity contribution is 9.10. The van der Waals surface area contributed by atoms with Crippen molar-refractivity contribution in [3.63, 3.8) is 0 Å². The van der Waals surface area contributed by atoms with E-state index in [4.69, 9.17) is 0 Å². The first-order valence-corrected chi connectivity index (χ1v) is 7.09. The molecular weight excluding hydrogens is 308 g/mol. The first-order chi connectivity index (χ1) is 8.87. The molecule has 0 atom stereocenters. The Bertz CT molecular complexity index is 502. The number of anilines is 1. The number of nitrogens with zero attached hydrogens (tertiary/aromatic N) is 2. The van der Waals surface area contributed by atoms with Gasteiger partial charge in [0.1, 0.15) is 5.54 Å². The summed E-state index contributed by atoms with van der Waals surface area (Å²) in [7, 11) is 1.83. The number of carbonyl (C=O) groups excluding carboxylic acids is 1. The van der Waals surface area contributed by atoms with E-state index < -0.39 is 5.54 Å². The van der Waals surface area contributed by atoms with Crippen LogP contribution in [0.5, 0.6) is 0 Å². The number of hydrogen-bond acceptors (Lipinski definition) is 3. The van der Waals surface area contributed by atoms with E-state index in [1.807, 2.05) is 39.1 Å². The van der Waals surface area contributed by atoms with Crippen molar-refractivity contribution < 1.29 is 9.90 Å². The Morgan fingerprint density at radius 2 is 2.05 bits per heavy atom. The molecule has 19 heavy (non-hydrogen) atoms. The summed E-state index contributed by atoms with van der Waals surface area (Å²) in [6.45, 7) is 5.28. The Morgan fingerprint density at radius 1 is 1.37 bits per heavy atom. The largest absolute Gasteiger partial charge is 0.392 e. The third-order valence-corrected chi connectivity index (χ3v) is 4.21. The topological polar surface area (TPSA) is 43.8 Å². The number of halogens is 1. The Kier molecular flexibility index (Phi) is 3.87. The molecule has 0 radical (unpaired) electrons. The molecule has 1 aromatic rings. The Hall–Kier alpha value is -1.07. The van der Waals surface area contributed by atoms with Crippen LogP contribution in [0.2, 0.25) is 0 Å². The average molecular weight is 327 g/mol. The smallest absolute Gasteiger partial charge is 0.247 e. The molecule has 1 aromatic carbocycles. The molecule has 1 fully saturated rings. The van der Waals surface area contributed by atoms with Crippen molar-refractivity contribution in [1.29, 1.82) is 0 Å². The van der Waals surface area contributed by atoms with Gasteiger partial charge in [-0.3, -0.25) is 4.79 Å². The summed E-state index contributed by atoms with van der Waals surface area (Å²) in [6.07, 6.45) is 0. The van der Waals surface area contributed by atoms with Crippen LogP contribution in [0.15, 0.2) is 22.7 Å². The first-order valence-electron chi connectivity index (χ1n) is 6.30. The third-order valence-electron chi connectivity index (χ3n) is 3.71. The van der Waals surface area contributed by atoms with Crippen LogP contribution in [0.1, 0.15) is 19.4 Å². The van der Waals surface area contributed by atoms with Crippen LogP contribution in [0.3, 0.4) is 0 Å². The highest BCUT2D eigenvalue weighted by Crippen LogP contribution is 2.33. The fourth-order valence-electron chi connectivity index (χ4n) is 2.56. The second-order valence-electron chi connectivity index (χ2n) is 5.37. The minimum Gasteiger partial charge on any atom is -0.392 e. The quantitative estimate of drug-likeness (QED) is 0.904. The zero-order valence-electron chi connectivity index (χ0n) is 11.5. The fourth-order valence-corrected chi connectivity index (χ4v) is 2.91. The molecule has 0 saturated carbocycles. The van der Waals surface area contributed by atoms with Crippen LogP contribution in [-0.4, -0.2) is 41.6 Å². The van der Waals surface area contributed by atoms with Gasteiger partial charge in [-0.25, -0.2) is 0 Å². The van der Waals surface area contributed by atoms with Gasteiger partial charge in [0, 0.05) is 35.9 Å². The van der Waals surface area contributed by atoms with E-state index in [1.165, 1.54) is 0 Å². The van der Waals surface area contributed by atoms with Crippen molar-refractivity contribution in [2.45, 2.75) is 26.0 Å². The molecule has 0 unspecified atom stereocenters. The van der Waals surface area contributed by atoms with E-state index in [2.05, 4.69) is 20.8 Å². The van der Waals surface area contributed by atoms with Crippen molar-refractivity contribution in [3.05, 3.63) is 28.2 Å². The van der Waals surface area contributed by atoms with E-state index in [0.29, 0.717) is 6.54 Å². The van der Waals surface area contributed by atoms with Crippen LogP contribution < -0.4 is 4.90 Å². The first kappa shape index (κ1) is 14.3. The summed E-state index contributed by atoms with van der Waals surface area (Å²) in [4.78, 5) is 16.2. The highest BCUT2D eigenvalue weighted by Gasteiger charge is 2.41. The summed E-state index contributed by atoms with van der Waals surface area (Å²) in [5.41, 5.74) is 1.16. The zero-order valence-corrected chi connectivity index (χ0v) is 13.1. The predicted octanol–water partition coefficient (Wildman–Crippen LogP) is 2.00. The van der Waals surface area contributed by atoms with E-state index >= 15 is 0 Å². The molecule has 0 aliphatic carbocycles. The molecule has 104 valence electrons. The summed E-state index contributed by atoms with van der Waals surface area (Å²) < 4.78 is 0.946. The van der Waals surface area contributed by atoms with Crippen molar-refractivity contribution in [1.82, 2.24) is 4.90 Å². The molecule has 1 amide bonds. The number of rotatable bonds is 2. The third kappa shape index (κ3) is 2.49.